The Bertz CT molecular complexity index is 1080. The summed E-state index contributed by atoms with van der Waals surface area (Å²) in [6.45, 7) is 5.64. The molecular formula is C19H21F3N4O3S. The van der Waals surface area contributed by atoms with E-state index in [0.29, 0.717) is 40.1 Å². The zero-order valence-corrected chi connectivity index (χ0v) is 17.7. The van der Waals surface area contributed by atoms with Gasteiger partial charge in [0.25, 0.3) is 0 Å². The number of rotatable bonds is 7. The molecule has 11 heteroatoms. The van der Waals surface area contributed by atoms with Gasteiger partial charge in [-0.15, -0.1) is 0 Å². The Labute approximate surface area is 173 Å². The molecule has 0 aliphatic rings. The topological polar surface area (TPSA) is 78.6 Å². The Morgan fingerprint density at radius 2 is 1.97 bits per heavy atom. The van der Waals surface area contributed by atoms with E-state index in [1.165, 1.54) is 10.6 Å². The quantitative estimate of drug-likeness (QED) is 0.556. The molecule has 162 valence electrons. The molecule has 30 heavy (non-hydrogen) atoms. The van der Waals surface area contributed by atoms with Crippen LogP contribution >= 0.6 is 0 Å². The Hall–Kier alpha value is -2.53. The lowest BCUT2D eigenvalue weighted by molar-refractivity contribution is -0.141. The first kappa shape index (κ1) is 22.2. The lowest BCUT2D eigenvalue weighted by Crippen LogP contribution is -2.18. The van der Waals surface area contributed by atoms with Gasteiger partial charge in [0.15, 0.2) is 0 Å². The first-order chi connectivity index (χ1) is 14.2. The van der Waals surface area contributed by atoms with Crippen molar-refractivity contribution in [3.05, 3.63) is 36.0 Å². The number of pyridine rings is 1. The lowest BCUT2D eigenvalue weighted by atomic mass is 10.2. The van der Waals surface area contributed by atoms with Crippen molar-refractivity contribution in [3.8, 4) is 17.1 Å². The molecule has 0 N–H and O–H groups in total. The minimum Gasteiger partial charge on any atom is -0.487 e. The molecule has 0 fully saturated rings. The van der Waals surface area contributed by atoms with Gasteiger partial charge < -0.3 is 9.47 Å². The van der Waals surface area contributed by atoms with Crippen molar-refractivity contribution in [3.63, 3.8) is 0 Å². The molecule has 0 spiro atoms. The largest absolute Gasteiger partial charge is 0.487 e. The van der Waals surface area contributed by atoms with Gasteiger partial charge in [0.2, 0.25) is 0 Å². The van der Waals surface area contributed by atoms with Gasteiger partial charge in [-0.25, -0.2) is 15.0 Å². The summed E-state index contributed by atoms with van der Waals surface area (Å²) in [7, 11) is 0.161. The van der Waals surface area contributed by atoms with Crippen molar-refractivity contribution in [2.45, 2.75) is 37.9 Å². The van der Waals surface area contributed by atoms with Crippen LogP contribution < -0.4 is 4.74 Å². The fraction of sp³-hybridized carbons (Fsp3) is 0.421. The number of hydrogen-bond donors (Lipinski definition) is 0. The maximum Gasteiger partial charge on any atom is 0.433 e. The first-order valence-electron chi connectivity index (χ1n) is 9.12. The van der Waals surface area contributed by atoms with Crippen LogP contribution in [0.2, 0.25) is 0 Å². The molecule has 0 radical (unpaired) electrons. The van der Waals surface area contributed by atoms with E-state index in [1.807, 2.05) is 6.92 Å². The number of halogens is 3. The Kier molecular flexibility index (Phi) is 6.41. The molecular weight excluding hydrogens is 421 g/mol. The Morgan fingerprint density at radius 1 is 1.23 bits per heavy atom. The highest BCUT2D eigenvalue weighted by molar-refractivity contribution is 7.85. The number of nitrogens with zero attached hydrogens (tertiary/aromatic N) is 4. The van der Waals surface area contributed by atoms with Crippen molar-refractivity contribution in [1.29, 1.82) is 0 Å². The molecule has 0 aliphatic heterocycles. The van der Waals surface area contributed by atoms with Gasteiger partial charge in [0.1, 0.15) is 40.9 Å². The van der Waals surface area contributed by atoms with E-state index in [9.17, 15) is 17.4 Å². The van der Waals surface area contributed by atoms with Gasteiger partial charge in [-0.05, 0) is 13.8 Å². The maximum atomic E-state index is 13.0. The standard InChI is InChI=1S/C19H21F3N4O3S/c1-5-30(27)14-6-13(29-11(2)9-28-4)8-23-18(14)17-12(3)26-10-24-15(19(20,21)22)7-16(26)25-17/h6-8,10-11H,5,9H2,1-4H3. The van der Waals surface area contributed by atoms with Crippen LogP contribution in [0.4, 0.5) is 13.2 Å². The molecule has 7 nitrogen and oxygen atoms in total. The zero-order chi connectivity index (χ0) is 22.1. The van der Waals surface area contributed by atoms with Crippen molar-refractivity contribution in [2.75, 3.05) is 19.5 Å². The summed E-state index contributed by atoms with van der Waals surface area (Å²) in [5.41, 5.74) is 0.247. The predicted octanol–water partition coefficient (Wildman–Crippen LogP) is 3.66. The summed E-state index contributed by atoms with van der Waals surface area (Å²) in [6, 6.07) is 2.49. The minimum absolute atomic E-state index is 0.0777. The Balaban J connectivity index is 2.10. The molecule has 0 aromatic carbocycles. The van der Waals surface area contributed by atoms with E-state index in [4.69, 9.17) is 9.47 Å². The molecule has 0 saturated carbocycles. The lowest BCUT2D eigenvalue weighted by Gasteiger charge is -2.15. The van der Waals surface area contributed by atoms with Gasteiger partial charge in [0.05, 0.1) is 34.2 Å². The van der Waals surface area contributed by atoms with E-state index < -0.39 is 22.7 Å². The third-order valence-corrected chi connectivity index (χ3v) is 5.67. The molecule has 3 heterocycles. The third-order valence-electron chi connectivity index (χ3n) is 4.34. The number of imidazole rings is 1. The van der Waals surface area contributed by atoms with Crippen LogP contribution in [-0.2, 0) is 21.7 Å². The Morgan fingerprint density at radius 3 is 2.60 bits per heavy atom. The van der Waals surface area contributed by atoms with Gasteiger partial charge in [-0.2, -0.15) is 13.2 Å². The summed E-state index contributed by atoms with van der Waals surface area (Å²) in [6.07, 6.45) is -2.27. The molecule has 3 rings (SSSR count). The highest BCUT2D eigenvalue weighted by Crippen LogP contribution is 2.32. The van der Waals surface area contributed by atoms with E-state index in [0.717, 1.165) is 12.4 Å². The number of ether oxygens (including phenoxy) is 2. The highest BCUT2D eigenvalue weighted by Gasteiger charge is 2.33. The SMILES string of the molecule is CCS(=O)c1cc(OC(C)COC)cnc1-c1nc2cc(C(F)(F)F)ncn2c1C. The van der Waals surface area contributed by atoms with Crippen molar-refractivity contribution in [1.82, 2.24) is 19.4 Å². The van der Waals surface area contributed by atoms with Crippen LogP contribution in [-0.4, -0.2) is 49.1 Å². The average Bonchev–Trinajstić information content (AvgIpc) is 3.02. The van der Waals surface area contributed by atoms with Crippen LogP contribution in [0.5, 0.6) is 5.75 Å². The van der Waals surface area contributed by atoms with E-state index >= 15 is 0 Å². The fourth-order valence-electron chi connectivity index (χ4n) is 2.94. The smallest absolute Gasteiger partial charge is 0.433 e. The second kappa shape index (κ2) is 8.68. The summed E-state index contributed by atoms with van der Waals surface area (Å²) < 4.78 is 63.9. The number of aryl methyl sites for hydroxylation is 1. The van der Waals surface area contributed by atoms with Crippen LogP contribution in [0.1, 0.15) is 25.2 Å². The maximum absolute atomic E-state index is 13.0. The van der Waals surface area contributed by atoms with Crippen LogP contribution in [0, 0.1) is 6.92 Å². The third kappa shape index (κ3) is 4.46. The normalized spacial score (nSPS) is 14.1. The first-order valence-corrected chi connectivity index (χ1v) is 10.4. The second-order valence-corrected chi connectivity index (χ2v) is 8.29. The predicted molar refractivity (Wildman–Crippen MR) is 105 cm³/mol. The number of methoxy groups -OCH3 is 1. The zero-order valence-electron chi connectivity index (χ0n) is 16.9. The van der Waals surface area contributed by atoms with Crippen LogP contribution in [0.25, 0.3) is 17.0 Å². The van der Waals surface area contributed by atoms with Gasteiger partial charge in [0, 0.05) is 25.0 Å². The molecule has 0 amide bonds. The number of fused-ring (bicyclic) bond motifs is 1. The van der Waals surface area contributed by atoms with Gasteiger partial charge in [-0.3, -0.25) is 8.61 Å². The molecule has 0 bridgehead atoms. The van der Waals surface area contributed by atoms with Crippen molar-refractivity contribution in [2.24, 2.45) is 0 Å². The average molecular weight is 442 g/mol. The number of alkyl halides is 3. The second-order valence-electron chi connectivity index (χ2n) is 6.58. The highest BCUT2D eigenvalue weighted by atomic mass is 32.2. The molecule has 3 aromatic rings. The molecule has 0 saturated heterocycles. The summed E-state index contributed by atoms with van der Waals surface area (Å²) >= 11 is 0. The number of aromatic nitrogens is 4. The number of hydrogen-bond acceptors (Lipinski definition) is 6. The van der Waals surface area contributed by atoms with Crippen LogP contribution in [0.3, 0.4) is 0 Å². The fourth-order valence-corrected chi connectivity index (χ4v) is 3.86. The minimum atomic E-state index is -4.58. The van der Waals surface area contributed by atoms with Crippen LogP contribution in [0.15, 0.2) is 29.6 Å². The van der Waals surface area contributed by atoms with Crippen molar-refractivity contribution >= 4 is 16.4 Å². The molecule has 2 unspecified atom stereocenters. The van der Waals surface area contributed by atoms with Gasteiger partial charge in [-0.1, -0.05) is 6.92 Å². The van der Waals surface area contributed by atoms with E-state index in [1.54, 1.807) is 27.0 Å². The van der Waals surface area contributed by atoms with Gasteiger partial charge >= 0.3 is 6.18 Å². The van der Waals surface area contributed by atoms with Crippen molar-refractivity contribution < 1.29 is 26.9 Å². The molecule has 3 aromatic heterocycles. The van der Waals surface area contributed by atoms with E-state index in [2.05, 4.69) is 15.0 Å². The monoisotopic (exact) mass is 442 g/mol. The molecule has 0 aliphatic carbocycles. The summed E-state index contributed by atoms with van der Waals surface area (Å²) in [5, 5.41) is 0. The summed E-state index contributed by atoms with van der Waals surface area (Å²) in [4.78, 5) is 12.6. The van der Waals surface area contributed by atoms with E-state index in [-0.39, 0.29) is 11.8 Å². The summed E-state index contributed by atoms with van der Waals surface area (Å²) in [5.74, 6) is 0.750. The molecule has 2 atom stereocenters.